The fraction of sp³-hybridized carbons (Fsp3) is 0.562. The average Bonchev–Trinajstić information content (AvgIpc) is 2.90. The number of unbranched alkanes of at least 4 members (excludes halogenated alkanes) is 2. The van der Waals surface area contributed by atoms with Gasteiger partial charge in [-0.1, -0.05) is 26.2 Å². The van der Waals surface area contributed by atoms with Gasteiger partial charge in [-0.15, -0.1) is 0 Å². The number of hydrogen-bond donors (Lipinski definition) is 1. The number of rotatable bonds is 6. The Morgan fingerprint density at radius 2 is 2.21 bits per heavy atom. The van der Waals surface area contributed by atoms with Gasteiger partial charge in [-0.2, -0.15) is 0 Å². The molecule has 1 aliphatic rings. The third-order valence-corrected chi connectivity index (χ3v) is 4.39. The number of aryl methyl sites for hydroxylation is 1. The standard InChI is InChI=1S/C16H22N2O/c1-12-9-13(12)5-3-2-4-6-14-11-18-8-7-17-16(18)10-15(14)19/h7-8,10-13,19H,2-6,9H2,1H3/t12?,13-/m1/s1. The summed E-state index contributed by atoms with van der Waals surface area (Å²) < 4.78 is 1.97. The summed E-state index contributed by atoms with van der Waals surface area (Å²) in [5.41, 5.74) is 1.84. The van der Waals surface area contributed by atoms with Crippen LogP contribution < -0.4 is 0 Å². The van der Waals surface area contributed by atoms with Crippen molar-refractivity contribution in [3.8, 4) is 5.75 Å². The molecule has 1 unspecified atom stereocenters. The highest BCUT2D eigenvalue weighted by Crippen LogP contribution is 2.41. The van der Waals surface area contributed by atoms with Gasteiger partial charge in [0.15, 0.2) is 0 Å². The first-order valence-corrected chi connectivity index (χ1v) is 7.38. The molecule has 19 heavy (non-hydrogen) atoms. The number of nitrogens with zero attached hydrogens (tertiary/aromatic N) is 2. The third kappa shape index (κ3) is 2.91. The van der Waals surface area contributed by atoms with Gasteiger partial charge in [0.05, 0.1) is 0 Å². The number of aromatic nitrogens is 2. The lowest BCUT2D eigenvalue weighted by Gasteiger charge is -2.06. The zero-order chi connectivity index (χ0) is 13.2. The molecule has 2 aromatic heterocycles. The Bertz CT molecular complexity index is 561. The van der Waals surface area contributed by atoms with Gasteiger partial charge in [0.1, 0.15) is 11.4 Å². The Hall–Kier alpha value is -1.51. The Balaban J connectivity index is 1.48. The summed E-state index contributed by atoms with van der Waals surface area (Å²) in [6.07, 6.45) is 13.2. The van der Waals surface area contributed by atoms with Crippen molar-refractivity contribution in [1.29, 1.82) is 0 Å². The van der Waals surface area contributed by atoms with Gasteiger partial charge in [0.25, 0.3) is 0 Å². The van der Waals surface area contributed by atoms with E-state index < -0.39 is 0 Å². The molecule has 1 N–H and O–H groups in total. The van der Waals surface area contributed by atoms with E-state index in [2.05, 4.69) is 11.9 Å². The van der Waals surface area contributed by atoms with Crippen LogP contribution in [0.15, 0.2) is 24.7 Å². The molecule has 1 saturated carbocycles. The summed E-state index contributed by atoms with van der Waals surface area (Å²) in [7, 11) is 0. The van der Waals surface area contributed by atoms with Crippen molar-refractivity contribution in [1.82, 2.24) is 9.38 Å². The fourth-order valence-electron chi connectivity index (χ4n) is 2.89. The smallest absolute Gasteiger partial charge is 0.140 e. The van der Waals surface area contributed by atoms with Crippen LogP contribution in [0.1, 0.15) is 44.6 Å². The molecule has 0 aliphatic heterocycles. The first-order valence-electron chi connectivity index (χ1n) is 7.38. The van der Waals surface area contributed by atoms with Crippen LogP contribution >= 0.6 is 0 Å². The van der Waals surface area contributed by atoms with Gasteiger partial charge < -0.3 is 9.51 Å². The van der Waals surface area contributed by atoms with E-state index >= 15 is 0 Å². The molecular weight excluding hydrogens is 236 g/mol. The topological polar surface area (TPSA) is 37.5 Å². The van der Waals surface area contributed by atoms with Crippen molar-refractivity contribution in [3.63, 3.8) is 0 Å². The predicted octanol–water partition coefficient (Wildman–Crippen LogP) is 3.80. The zero-order valence-corrected chi connectivity index (χ0v) is 11.5. The molecule has 0 spiro atoms. The molecule has 3 rings (SSSR count). The minimum atomic E-state index is 0.384. The lowest BCUT2D eigenvalue weighted by Crippen LogP contribution is -1.92. The van der Waals surface area contributed by atoms with Crippen molar-refractivity contribution in [2.24, 2.45) is 11.8 Å². The largest absolute Gasteiger partial charge is 0.507 e. The molecule has 2 aromatic rings. The third-order valence-electron chi connectivity index (χ3n) is 4.39. The predicted molar refractivity (Wildman–Crippen MR) is 76.3 cm³/mol. The highest BCUT2D eigenvalue weighted by Gasteiger charge is 2.31. The first kappa shape index (κ1) is 12.5. The number of fused-ring (bicyclic) bond motifs is 1. The van der Waals surface area contributed by atoms with E-state index in [-0.39, 0.29) is 0 Å². The van der Waals surface area contributed by atoms with Crippen molar-refractivity contribution in [2.75, 3.05) is 0 Å². The van der Waals surface area contributed by atoms with Crippen LogP contribution in [-0.2, 0) is 6.42 Å². The van der Waals surface area contributed by atoms with Gasteiger partial charge in [0, 0.05) is 30.2 Å². The van der Waals surface area contributed by atoms with Crippen molar-refractivity contribution < 1.29 is 5.11 Å². The zero-order valence-electron chi connectivity index (χ0n) is 11.5. The van der Waals surface area contributed by atoms with E-state index in [0.717, 1.165) is 35.9 Å². The van der Waals surface area contributed by atoms with Crippen molar-refractivity contribution in [3.05, 3.63) is 30.2 Å². The quantitative estimate of drug-likeness (QED) is 0.800. The van der Waals surface area contributed by atoms with E-state index in [9.17, 15) is 5.11 Å². The SMILES string of the molecule is CC1C[C@H]1CCCCCc1cn2ccnc2cc1O. The second-order valence-corrected chi connectivity index (χ2v) is 5.95. The van der Waals surface area contributed by atoms with E-state index in [0.29, 0.717) is 5.75 Å². The van der Waals surface area contributed by atoms with E-state index in [4.69, 9.17) is 0 Å². The van der Waals surface area contributed by atoms with Crippen molar-refractivity contribution >= 4 is 5.65 Å². The van der Waals surface area contributed by atoms with Crippen LogP contribution in [0, 0.1) is 11.8 Å². The summed E-state index contributed by atoms with van der Waals surface area (Å²) in [5, 5.41) is 9.96. The molecule has 102 valence electrons. The molecule has 0 radical (unpaired) electrons. The lowest BCUT2D eigenvalue weighted by molar-refractivity contribution is 0.465. The van der Waals surface area contributed by atoms with E-state index in [1.165, 1.54) is 25.7 Å². The summed E-state index contributed by atoms with van der Waals surface area (Å²) in [6, 6.07) is 1.75. The normalized spacial score (nSPS) is 21.9. The number of aromatic hydroxyl groups is 1. The highest BCUT2D eigenvalue weighted by atomic mass is 16.3. The molecule has 0 saturated heterocycles. The summed E-state index contributed by atoms with van der Waals surface area (Å²) in [4.78, 5) is 4.17. The van der Waals surface area contributed by atoms with Crippen molar-refractivity contribution in [2.45, 2.75) is 45.4 Å². The van der Waals surface area contributed by atoms with Crippen LogP contribution in [0.2, 0.25) is 0 Å². The molecule has 2 atom stereocenters. The van der Waals surface area contributed by atoms with Gasteiger partial charge in [-0.25, -0.2) is 4.98 Å². The molecule has 1 aliphatic carbocycles. The van der Waals surface area contributed by atoms with E-state index in [1.54, 1.807) is 12.3 Å². The maximum Gasteiger partial charge on any atom is 0.140 e. The molecular formula is C16H22N2O. The molecule has 0 aromatic carbocycles. The average molecular weight is 258 g/mol. The minimum absolute atomic E-state index is 0.384. The molecule has 3 heteroatoms. The first-order chi connectivity index (χ1) is 9.24. The highest BCUT2D eigenvalue weighted by molar-refractivity contribution is 5.47. The number of pyridine rings is 1. The molecule has 3 nitrogen and oxygen atoms in total. The molecule has 2 heterocycles. The second-order valence-electron chi connectivity index (χ2n) is 5.95. The van der Waals surface area contributed by atoms with Crippen LogP contribution in [0.5, 0.6) is 5.75 Å². The number of hydrogen-bond acceptors (Lipinski definition) is 2. The van der Waals surface area contributed by atoms with Crippen LogP contribution in [0.3, 0.4) is 0 Å². The lowest BCUT2D eigenvalue weighted by atomic mass is 10.1. The summed E-state index contributed by atoms with van der Waals surface area (Å²) in [5.74, 6) is 2.37. The Morgan fingerprint density at radius 3 is 3.00 bits per heavy atom. The maximum absolute atomic E-state index is 9.96. The monoisotopic (exact) mass is 258 g/mol. The van der Waals surface area contributed by atoms with Gasteiger partial charge >= 0.3 is 0 Å². The summed E-state index contributed by atoms with van der Waals surface area (Å²) in [6.45, 7) is 2.35. The molecule has 1 fully saturated rings. The number of imidazole rings is 1. The van der Waals surface area contributed by atoms with Gasteiger partial charge in [-0.3, -0.25) is 0 Å². The van der Waals surface area contributed by atoms with Gasteiger partial charge in [0.2, 0.25) is 0 Å². The molecule has 0 bridgehead atoms. The minimum Gasteiger partial charge on any atom is -0.507 e. The Morgan fingerprint density at radius 1 is 1.37 bits per heavy atom. The van der Waals surface area contributed by atoms with Crippen LogP contribution in [-0.4, -0.2) is 14.5 Å². The fourth-order valence-corrected chi connectivity index (χ4v) is 2.89. The van der Waals surface area contributed by atoms with E-state index in [1.807, 2.05) is 16.8 Å². The Labute approximate surface area is 114 Å². The van der Waals surface area contributed by atoms with Gasteiger partial charge in [-0.05, 0) is 31.1 Å². The van der Waals surface area contributed by atoms with Crippen LogP contribution in [0.4, 0.5) is 0 Å². The molecule has 0 amide bonds. The Kier molecular flexibility index (Phi) is 3.45. The summed E-state index contributed by atoms with van der Waals surface area (Å²) >= 11 is 0. The van der Waals surface area contributed by atoms with Crippen LogP contribution in [0.25, 0.3) is 5.65 Å². The second kappa shape index (κ2) is 5.24. The maximum atomic E-state index is 9.96.